The highest BCUT2D eigenvalue weighted by molar-refractivity contribution is 5.81. The number of amides is 2. The lowest BCUT2D eigenvalue weighted by molar-refractivity contribution is 0.249. The second-order valence-corrected chi connectivity index (χ2v) is 5.13. The van der Waals surface area contributed by atoms with Gasteiger partial charge < -0.3 is 10.5 Å². The number of urea groups is 1. The van der Waals surface area contributed by atoms with E-state index in [2.05, 4.69) is 29.6 Å². The molecule has 0 aliphatic carbocycles. The van der Waals surface area contributed by atoms with E-state index in [-0.39, 0.29) is 0 Å². The van der Waals surface area contributed by atoms with Crippen LogP contribution in [0, 0.1) is 20.8 Å². The Hall–Kier alpha value is -2.82. The molecule has 5 heteroatoms. The van der Waals surface area contributed by atoms with Gasteiger partial charge in [0.15, 0.2) is 0 Å². The van der Waals surface area contributed by atoms with Crippen molar-refractivity contribution in [3.63, 3.8) is 0 Å². The van der Waals surface area contributed by atoms with E-state index in [1.807, 2.05) is 38.1 Å². The number of carbonyl (C=O) groups is 1. The molecule has 2 aromatic carbocycles. The van der Waals surface area contributed by atoms with Crippen molar-refractivity contribution in [1.82, 2.24) is 5.43 Å². The van der Waals surface area contributed by atoms with E-state index in [4.69, 9.17) is 10.5 Å². The van der Waals surface area contributed by atoms with Crippen LogP contribution >= 0.6 is 0 Å². The van der Waals surface area contributed by atoms with Crippen molar-refractivity contribution in [1.29, 1.82) is 0 Å². The zero-order valence-corrected chi connectivity index (χ0v) is 12.9. The van der Waals surface area contributed by atoms with Crippen molar-refractivity contribution in [2.24, 2.45) is 10.8 Å². The molecule has 0 bridgehead atoms. The average molecular weight is 297 g/mol. The number of nitrogens with one attached hydrogen (secondary N) is 1. The summed E-state index contributed by atoms with van der Waals surface area (Å²) in [7, 11) is 0. The van der Waals surface area contributed by atoms with Gasteiger partial charge in [0.1, 0.15) is 11.5 Å². The van der Waals surface area contributed by atoms with Crippen molar-refractivity contribution in [2.75, 3.05) is 0 Å². The molecule has 3 N–H and O–H groups in total. The second kappa shape index (κ2) is 6.76. The van der Waals surface area contributed by atoms with Crippen molar-refractivity contribution in [3.8, 4) is 11.5 Å². The molecule has 0 saturated heterocycles. The van der Waals surface area contributed by atoms with Crippen molar-refractivity contribution < 1.29 is 9.53 Å². The molecule has 2 rings (SSSR count). The third kappa shape index (κ3) is 4.09. The summed E-state index contributed by atoms with van der Waals surface area (Å²) in [5.74, 6) is 1.62. The number of nitrogens with two attached hydrogens (primary N) is 1. The van der Waals surface area contributed by atoms with Crippen LogP contribution in [0.2, 0.25) is 0 Å². The van der Waals surface area contributed by atoms with Crippen LogP contribution in [0.5, 0.6) is 11.5 Å². The van der Waals surface area contributed by atoms with Gasteiger partial charge in [0.05, 0.1) is 6.21 Å². The van der Waals surface area contributed by atoms with Gasteiger partial charge in [-0.3, -0.25) is 0 Å². The number of nitrogens with zero attached hydrogens (tertiary/aromatic N) is 1. The first kappa shape index (κ1) is 15.6. The Morgan fingerprint density at radius 1 is 1.14 bits per heavy atom. The Morgan fingerprint density at radius 3 is 2.27 bits per heavy atom. The minimum absolute atomic E-state index is 0.693. The van der Waals surface area contributed by atoms with E-state index in [1.54, 1.807) is 0 Å². The molecule has 0 heterocycles. The summed E-state index contributed by atoms with van der Waals surface area (Å²) in [6, 6.07) is 10.9. The summed E-state index contributed by atoms with van der Waals surface area (Å²) in [4.78, 5) is 10.5. The Labute approximate surface area is 129 Å². The molecular formula is C17H19N3O2. The molecule has 0 aliphatic rings. The third-order valence-corrected chi connectivity index (χ3v) is 3.09. The molecule has 0 aromatic heterocycles. The van der Waals surface area contributed by atoms with E-state index < -0.39 is 6.03 Å². The third-order valence-electron chi connectivity index (χ3n) is 3.09. The number of hydrogen-bond acceptors (Lipinski definition) is 3. The lowest BCUT2D eigenvalue weighted by atomic mass is 10.1. The summed E-state index contributed by atoms with van der Waals surface area (Å²) in [6.07, 6.45) is 1.51. The Morgan fingerprint density at radius 2 is 1.73 bits per heavy atom. The smallest absolute Gasteiger partial charge is 0.332 e. The number of hydrogen-bond donors (Lipinski definition) is 2. The lowest BCUT2D eigenvalue weighted by Crippen LogP contribution is -2.24. The molecule has 0 saturated carbocycles. The summed E-state index contributed by atoms with van der Waals surface area (Å²) < 4.78 is 5.96. The number of rotatable bonds is 4. The van der Waals surface area contributed by atoms with Crippen LogP contribution < -0.4 is 15.9 Å². The van der Waals surface area contributed by atoms with Crippen LogP contribution in [-0.4, -0.2) is 12.2 Å². The minimum atomic E-state index is -0.693. The fraction of sp³-hybridized carbons (Fsp3) is 0.176. The SMILES string of the molecule is Cc1cc(C)c(Oc2ccc(C=NNC(N)=O)cc2)c(C)c1. The molecule has 0 atom stereocenters. The lowest BCUT2D eigenvalue weighted by Gasteiger charge is -2.12. The molecule has 0 radical (unpaired) electrons. The first-order valence-corrected chi connectivity index (χ1v) is 6.90. The zero-order valence-electron chi connectivity index (χ0n) is 12.9. The van der Waals surface area contributed by atoms with Gasteiger partial charge in [-0.2, -0.15) is 5.10 Å². The maximum absolute atomic E-state index is 10.5. The molecule has 0 aliphatic heterocycles. The van der Waals surface area contributed by atoms with Crippen molar-refractivity contribution in [3.05, 3.63) is 58.7 Å². The second-order valence-electron chi connectivity index (χ2n) is 5.13. The van der Waals surface area contributed by atoms with Gasteiger partial charge >= 0.3 is 6.03 Å². The van der Waals surface area contributed by atoms with Gasteiger partial charge in [-0.05, 0) is 61.7 Å². The molecule has 0 fully saturated rings. The van der Waals surface area contributed by atoms with Crippen LogP contribution in [0.4, 0.5) is 4.79 Å². The maximum atomic E-state index is 10.5. The number of primary amides is 1. The molecule has 2 amide bonds. The number of carbonyl (C=O) groups excluding carboxylic acids is 1. The Balaban J connectivity index is 2.12. The molecule has 114 valence electrons. The highest BCUT2D eigenvalue weighted by atomic mass is 16.5. The van der Waals surface area contributed by atoms with Crippen LogP contribution in [-0.2, 0) is 0 Å². The van der Waals surface area contributed by atoms with Crippen molar-refractivity contribution in [2.45, 2.75) is 20.8 Å². The predicted octanol–water partition coefficient (Wildman–Crippen LogP) is 3.41. The Bertz CT molecular complexity index is 683. The van der Waals surface area contributed by atoms with Crippen molar-refractivity contribution >= 4 is 12.2 Å². The number of ether oxygens (including phenoxy) is 1. The van der Waals surface area contributed by atoms with E-state index in [0.29, 0.717) is 0 Å². The summed E-state index contributed by atoms with van der Waals surface area (Å²) in [5.41, 5.74) is 11.3. The fourth-order valence-corrected chi connectivity index (χ4v) is 2.24. The maximum Gasteiger partial charge on any atom is 0.332 e. The van der Waals surface area contributed by atoms with E-state index in [1.165, 1.54) is 11.8 Å². The molecule has 2 aromatic rings. The monoisotopic (exact) mass is 297 g/mol. The summed E-state index contributed by atoms with van der Waals surface area (Å²) in [6.45, 7) is 6.13. The summed E-state index contributed by atoms with van der Waals surface area (Å²) in [5, 5.41) is 3.70. The fourth-order valence-electron chi connectivity index (χ4n) is 2.24. The van der Waals surface area contributed by atoms with Gasteiger partial charge in [0, 0.05) is 0 Å². The molecule has 0 unspecified atom stereocenters. The van der Waals surface area contributed by atoms with E-state index in [9.17, 15) is 4.79 Å². The van der Waals surface area contributed by atoms with Crippen LogP contribution in [0.15, 0.2) is 41.5 Å². The minimum Gasteiger partial charge on any atom is -0.457 e. The first-order chi connectivity index (χ1) is 10.5. The van der Waals surface area contributed by atoms with Crippen LogP contribution in [0.3, 0.4) is 0 Å². The normalized spacial score (nSPS) is 10.7. The van der Waals surface area contributed by atoms with E-state index in [0.717, 1.165) is 28.2 Å². The van der Waals surface area contributed by atoms with Gasteiger partial charge in [0.2, 0.25) is 0 Å². The molecule has 0 spiro atoms. The summed E-state index contributed by atoms with van der Waals surface area (Å²) >= 11 is 0. The topological polar surface area (TPSA) is 76.7 Å². The van der Waals surface area contributed by atoms with E-state index >= 15 is 0 Å². The van der Waals surface area contributed by atoms with Gasteiger partial charge in [0.25, 0.3) is 0 Å². The Kier molecular flexibility index (Phi) is 4.78. The highest BCUT2D eigenvalue weighted by Crippen LogP contribution is 2.29. The van der Waals surface area contributed by atoms with Gasteiger partial charge in [-0.25, -0.2) is 10.2 Å². The zero-order chi connectivity index (χ0) is 16.1. The molecule has 22 heavy (non-hydrogen) atoms. The number of benzene rings is 2. The van der Waals surface area contributed by atoms with Gasteiger partial charge in [-0.1, -0.05) is 17.7 Å². The van der Waals surface area contributed by atoms with Gasteiger partial charge in [-0.15, -0.1) is 0 Å². The average Bonchev–Trinajstić information content (AvgIpc) is 2.44. The molecule has 5 nitrogen and oxygen atoms in total. The standard InChI is InChI=1S/C17H19N3O2/c1-11-8-12(2)16(13(3)9-11)22-15-6-4-14(5-7-15)10-19-20-17(18)21/h4-10H,1-3H3,(H3,18,20,21). The van der Waals surface area contributed by atoms with Crippen LogP contribution in [0.25, 0.3) is 0 Å². The van der Waals surface area contributed by atoms with Crippen LogP contribution in [0.1, 0.15) is 22.3 Å². The largest absolute Gasteiger partial charge is 0.457 e. The highest BCUT2D eigenvalue weighted by Gasteiger charge is 2.06. The molecular weight excluding hydrogens is 278 g/mol. The first-order valence-electron chi connectivity index (χ1n) is 6.90. The quantitative estimate of drug-likeness (QED) is 0.670. The predicted molar refractivity (Wildman–Crippen MR) is 87.5 cm³/mol. The number of aryl methyl sites for hydroxylation is 3. The number of hydrazone groups is 1.